The number of nitriles is 1. The number of unbranched alkanes of at least 4 members (excludes halogenated alkanes) is 1. The van der Waals surface area contributed by atoms with Gasteiger partial charge in [-0.3, -0.25) is 9.69 Å². The summed E-state index contributed by atoms with van der Waals surface area (Å²) < 4.78 is 0. The highest BCUT2D eigenvalue weighted by Gasteiger charge is 2.60. The van der Waals surface area contributed by atoms with Gasteiger partial charge < -0.3 is 10.2 Å². The van der Waals surface area contributed by atoms with Crippen molar-refractivity contribution in [2.45, 2.75) is 37.9 Å². The fraction of sp³-hybridized carbons (Fsp3) is 0.348. The lowest BCUT2D eigenvalue weighted by Gasteiger charge is -2.38. The molecule has 0 saturated carbocycles. The second-order valence-corrected chi connectivity index (χ2v) is 7.23. The molecule has 1 fully saturated rings. The summed E-state index contributed by atoms with van der Waals surface area (Å²) in [6.45, 7) is 2.09. The van der Waals surface area contributed by atoms with Crippen molar-refractivity contribution in [2.75, 3.05) is 14.1 Å². The van der Waals surface area contributed by atoms with E-state index in [1.165, 1.54) is 0 Å². The Morgan fingerprint density at radius 3 is 2.31 bits per heavy atom. The largest absolute Gasteiger partial charge is 0.341 e. The number of likely N-dealkylation sites (N-methyl/N-ethyl adjacent to an activating group) is 1. The Morgan fingerprint density at radius 2 is 1.76 bits per heavy atom. The zero-order chi connectivity index (χ0) is 21.0. The van der Waals surface area contributed by atoms with Crippen molar-refractivity contribution in [3.63, 3.8) is 0 Å². The molecule has 1 N–H and O–H groups in total. The second kappa shape index (κ2) is 8.36. The average molecular weight is 390 g/mol. The van der Waals surface area contributed by atoms with Gasteiger partial charge in [0.2, 0.25) is 0 Å². The lowest BCUT2D eigenvalue weighted by atomic mass is 9.81. The predicted molar refractivity (Wildman–Crippen MR) is 111 cm³/mol. The number of urea groups is 1. The molecule has 1 saturated heterocycles. The molecule has 0 unspecified atom stereocenters. The molecule has 2 aromatic carbocycles. The van der Waals surface area contributed by atoms with Gasteiger partial charge in [0.05, 0.1) is 11.6 Å². The highest BCUT2D eigenvalue weighted by molar-refractivity contribution is 5.98. The van der Waals surface area contributed by atoms with E-state index < -0.39 is 5.54 Å². The summed E-state index contributed by atoms with van der Waals surface area (Å²) in [7, 11) is 3.34. The maximum absolute atomic E-state index is 13.8. The summed E-state index contributed by atoms with van der Waals surface area (Å²) in [5.41, 5.74) is 0.610. The van der Waals surface area contributed by atoms with Gasteiger partial charge in [0.15, 0.2) is 5.54 Å². The number of benzene rings is 2. The summed E-state index contributed by atoms with van der Waals surface area (Å²) in [6.07, 6.45) is 2.19. The number of amides is 3. The number of carbonyl (C=O) groups is 2. The molecule has 0 spiro atoms. The Morgan fingerprint density at radius 1 is 1.14 bits per heavy atom. The first kappa shape index (κ1) is 20.4. The molecule has 2 aromatic rings. The van der Waals surface area contributed by atoms with Crippen molar-refractivity contribution in [3.05, 3.63) is 71.3 Å². The predicted octanol–water partition coefficient (Wildman–Crippen LogP) is 3.43. The van der Waals surface area contributed by atoms with E-state index in [9.17, 15) is 14.9 Å². The molecule has 6 heteroatoms. The molecule has 0 aromatic heterocycles. The van der Waals surface area contributed by atoms with Crippen LogP contribution in [0.2, 0.25) is 0 Å². The van der Waals surface area contributed by atoms with Crippen LogP contribution in [0.5, 0.6) is 0 Å². The molecular formula is C23H26N4O2. The molecular weight excluding hydrogens is 364 g/mol. The molecule has 3 amide bonds. The van der Waals surface area contributed by atoms with Crippen LogP contribution < -0.4 is 5.32 Å². The summed E-state index contributed by atoms with van der Waals surface area (Å²) in [5.74, 6) is -0.155. The first-order valence-corrected chi connectivity index (χ1v) is 9.86. The first-order valence-electron chi connectivity index (χ1n) is 9.86. The summed E-state index contributed by atoms with van der Waals surface area (Å²) in [6, 6.07) is 18.1. The topological polar surface area (TPSA) is 76.4 Å². The zero-order valence-corrected chi connectivity index (χ0v) is 17.1. The Hall–Kier alpha value is -3.33. The van der Waals surface area contributed by atoms with Crippen molar-refractivity contribution in [3.8, 4) is 6.07 Å². The molecule has 29 heavy (non-hydrogen) atoms. The highest BCUT2D eigenvalue weighted by atomic mass is 16.2. The van der Waals surface area contributed by atoms with Gasteiger partial charge in [-0.1, -0.05) is 55.8 Å². The first-order chi connectivity index (χ1) is 14.0. The Balaban J connectivity index is 2.30. The number of carbonyl (C=O) groups excluding carboxylic acids is 2. The maximum atomic E-state index is 13.8. The molecule has 0 aliphatic carbocycles. The minimum absolute atomic E-state index is 0.155. The minimum Gasteiger partial charge on any atom is -0.341 e. The fourth-order valence-corrected chi connectivity index (χ4v) is 4.17. The number of hydrogen-bond acceptors (Lipinski definition) is 3. The minimum atomic E-state index is -1.29. The van der Waals surface area contributed by atoms with Crippen molar-refractivity contribution >= 4 is 11.9 Å². The van der Waals surface area contributed by atoms with Crippen LogP contribution in [-0.4, -0.2) is 42.0 Å². The Bertz CT molecular complexity index is 920. The van der Waals surface area contributed by atoms with Crippen LogP contribution >= 0.6 is 0 Å². The van der Waals surface area contributed by atoms with Crippen LogP contribution in [-0.2, 0) is 10.3 Å². The SMILES string of the molecule is CCCC[C@H]1N(C)C(=O)[C@](c2ccccc2)(c2ccc(C#N)cc2)N1C(=O)NC. The van der Waals surface area contributed by atoms with Gasteiger partial charge in [0.25, 0.3) is 5.91 Å². The van der Waals surface area contributed by atoms with Crippen LogP contribution in [0, 0.1) is 11.3 Å². The van der Waals surface area contributed by atoms with E-state index in [-0.39, 0.29) is 18.1 Å². The van der Waals surface area contributed by atoms with Crippen LogP contribution in [0.15, 0.2) is 54.6 Å². The number of rotatable bonds is 5. The number of nitrogens with zero attached hydrogens (tertiary/aromatic N) is 3. The van der Waals surface area contributed by atoms with E-state index >= 15 is 0 Å². The zero-order valence-electron chi connectivity index (χ0n) is 17.1. The monoisotopic (exact) mass is 390 g/mol. The normalized spacial score (nSPS) is 21.2. The van der Waals surface area contributed by atoms with Gasteiger partial charge in [-0.05, 0) is 36.1 Å². The molecule has 1 heterocycles. The molecule has 0 bridgehead atoms. The van der Waals surface area contributed by atoms with E-state index in [2.05, 4.69) is 18.3 Å². The number of nitrogens with one attached hydrogen (secondary N) is 1. The number of hydrogen-bond donors (Lipinski definition) is 1. The third-order valence-electron chi connectivity index (χ3n) is 5.61. The van der Waals surface area contributed by atoms with Gasteiger partial charge in [0, 0.05) is 14.1 Å². The van der Waals surface area contributed by atoms with E-state index in [0.717, 1.165) is 18.4 Å². The van der Waals surface area contributed by atoms with Crippen molar-refractivity contribution in [1.82, 2.24) is 15.1 Å². The summed E-state index contributed by atoms with van der Waals surface area (Å²) in [5, 5.41) is 11.9. The standard InChI is InChI=1S/C23H26N4O2/c1-4-5-11-20-26(3)21(28)23(27(20)22(29)25-2,18-9-7-6-8-10-18)19-14-12-17(16-24)13-15-19/h6-10,12-15,20H,4-5,11H2,1-3H3,(H,25,29)/t20-,23-/m0/s1. The van der Waals surface area contributed by atoms with Crippen molar-refractivity contribution < 1.29 is 9.59 Å². The molecule has 1 aliphatic rings. The van der Waals surface area contributed by atoms with E-state index in [1.54, 1.807) is 48.2 Å². The lowest BCUT2D eigenvalue weighted by molar-refractivity contribution is -0.131. The van der Waals surface area contributed by atoms with Crippen molar-refractivity contribution in [2.24, 2.45) is 0 Å². The van der Waals surface area contributed by atoms with Crippen LogP contribution in [0.1, 0.15) is 42.9 Å². The second-order valence-electron chi connectivity index (χ2n) is 7.23. The maximum Gasteiger partial charge on any atom is 0.320 e. The van der Waals surface area contributed by atoms with E-state index in [0.29, 0.717) is 17.5 Å². The molecule has 150 valence electrons. The van der Waals surface area contributed by atoms with Crippen LogP contribution in [0.3, 0.4) is 0 Å². The fourth-order valence-electron chi connectivity index (χ4n) is 4.17. The van der Waals surface area contributed by atoms with Gasteiger partial charge in [-0.2, -0.15) is 5.26 Å². The summed E-state index contributed by atoms with van der Waals surface area (Å²) >= 11 is 0. The smallest absolute Gasteiger partial charge is 0.320 e. The molecule has 0 radical (unpaired) electrons. The van der Waals surface area contributed by atoms with E-state index in [1.807, 2.05) is 30.3 Å². The molecule has 3 rings (SSSR count). The van der Waals surface area contributed by atoms with Crippen LogP contribution in [0.4, 0.5) is 4.79 Å². The molecule has 2 atom stereocenters. The van der Waals surface area contributed by atoms with Gasteiger partial charge in [0.1, 0.15) is 6.17 Å². The lowest BCUT2D eigenvalue weighted by Crippen LogP contribution is -2.54. The van der Waals surface area contributed by atoms with Crippen molar-refractivity contribution in [1.29, 1.82) is 5.26 Å². The van der Waals surface area contributed by atoms with E-state index in [4.69, 9.17) is 0 Å². The van der Waals surface area contributed by atoms with Gasteiger partial charge in [-0.25, -0.2) is 4.79 Å². The Kier molecular flexibility index (Phi) is 5.88. The van der Waals surface area contributed by atoms with Crippen LogP contribution in [0.25, 0.3) is 0 Å². The average Bonchev–Trinajstić information content (AvgIpc) is 3.00. The molecule has 1 aliphatic heterocycles. The van der Waals surface area contributed by atoms with Gasteiger partial charge in [-0.15, -0.1) is 0 Å². The third-order valence-corrected chi connectivity index (χ3v) is 5.61. The summed E-state index contributed by atoms with van der Waals surface area (Å²) in [4.78, 5) is 30.3. The third kappa shape index (κ3) is 3.23. The van der Waals surface area contributed by atoms with Gasteiger partial charge >= 0.3 is 6.03 Å². The molecule has 6 nitrogen and oxygen atoms in total. The highest BCUT2D eigenvalue weighted by Crippen LogP contribution is 2.45. The quantitative estimate of drug-likeness (QED) is 0.850. The Labute approximate surface area is 171 Å².